The van der Waals surface area contributed by atoms with Gasteiger partial charge in [0.1, 0.15) is 11.9 Å². The van der Waals surface area contributed by atoms with Gasteiger partial charge in [0.2, 0.25) is 5.91 Å². The van der Waals surface area contributed by atoms with E-state index in [9.17, 15) is 4.79 Å². The number of carbonyl (C=O) groups is 1. The molecule has 1 saturated carbocycles. The van der Waals surface area contributed by atoms with Gasteiger partial charge in [-0.1, -0.05) is 36.8 Å². The number of nitrogens with one attached hydrogen (secondary N) is 1. The van der Waals surface area contributed by atoms with E-state index in [0.29, 0.717) is 0 Å². The van der Waals surface area contributed by atoms with Gasteiger partial charge in [-0.2, -0.15) is 0 Å². The molecule has 0 radical (unpaired) electrons. The van der Waals surface area contributed by atoms with E-state index < -0.39 is 0 Å². The summed E-state index contributed by atoms with van der Waals surface area (Å²) in [6.07, 6.45) is 4.09. The zero-order chi connectivity index (χ0) is 19.5. The summed E-state index contributed by atoms with van der Waals surface area (Å²) >= 11 is 0. The maximum Gasteiger partial charge on any atom is 0.226 e. The molecule has 0 saturated heterocycles. The first-order valence-corrected chi connectivity index (χ1v) is 10.5. The number of amides is 1. The summed E-state index contributed by atoms with van der Waals surface area (Å²) in [4.78, 5) is 24.1. The molecule has 0 spiro atoms. The van der Waals surface area contributed by atoms with Gasteiger partial charge in [-0.15, -0.1) is 0 Å². The Morgan fingerprint density at radius 1 is 1.10 bits per heavy atom. The summed E-state index contributed by atoms with van der Waals surface area (Å²) < 4.78 is 2.15. The summed E-state index contributed by atoms with van der Waals surface area (Å²) in [5, 5.41) is 1.27. The van der Waals surface area contributed by atoms with E-state index in [1.54, 1.807) is 0 Å². The quantitative estimate of drug-likeness (QED) is 0.559. The molecule has 5 nitrogen and oxygen atoms in total. The van der Waals surface area contributed by atoms with Crippen LogP contribution in [0.3, 0.4) is 0 Å². The monoisotopic (exact) mass is 384 g/mol. The number of imidazole rings is 1. The van der Waals surface area contributed by atoms with Crippen LogP contribution in [0.15, 0.2) is 48.5 Å². The fourth-order valence-electron chi connectivity index (χ4n) is 5.05. The average molecular weight is 384 g/mol. The molecule has 1 aliphatic heterocycles. The van der Waals surface area contributed by atoms with Gasteiger partial charge in [0.05, 0.1) is 16.7 Å². The van der Waals surface area contributed by atoms with E-state index in [1.165, 1.54) is 17.4 Å². The second kappa shape index (κ2) is 6.21. The molecule has 1 N–H and O–H groups in total. The first kappa shape index (κ1) is 16.8. The molecule has 0 bridgehead atoms. The van der Waals surface area contributed by atoms with Crippen LogP contribution in [0.4, 0.5) is 0 Å². The van der Waals surface area contributed by atoms with Gasteiger partial charge in [0.15, 0.2) is 0 Å². The Kier molecular flexibility index (Phi) is 3.60. The molecule has 1 fully saturated rings. The number of aromatic nitrogens is 3. The van der Waals surface area contributed by atoms with Crippen LogP contribution in [-0.4, -0.2) is 31.9 Å². The molecule has 1 aliphatic carbocycles. The minimum absolute atomic E-state index is 0.170. The number of rotatable bonds is 2. The third-order valence-corrected chi connectivity index (χ3v) is 6.84. The molecule has 2 aromatic carbocycles. The topological polar surface area (TPSA) is 53.9 Å². The Morgan fingerprint density at radius 3 is 2.69 bits per heavy atom. The van der Waals surface area contributed by atoms with Gasteiger partial charge in [-0.3, -0.25) is 4.79 Å². The van der Waals surface area contributed by atoms with Crippen molar-refractivity contribution in [3.8, 4) is 0 Å². The lowest BCUT2D eigenvalue weighted by atomic mass is 9.83. The maximum absolute atomic E-state index is 13.4. The molecule has 2 aromatic heterocycles. The largest absolute Gasteiger partial charge is 0.356 e. The third-order valence-electron chi connectivity index (χ3n) is 6.84. The summed E-state index contributed by atoms with van der Waals surface area (Å²) in [5.41, 5.74) is 5.67. The van der Waals surface area contributed by atoms with Crippen molar-refractivity contribution in [2.24, 2.45) is 13.0 Å². The van der Waals surface area contributed by atoms with E-state index in [0.717, 1.165) is 53.9 Å². The van der Waals surface area contributed by atoms with Crippen LogP contribution in [0, 0.1) is 5.92 Å². The molecular weight excluding hydrogens is 360 g/mol. The van der Waals surface area contributed by atoms with Crippen LogP contribution in [-0.2, 0) is 18.3 Å². The number of aryl methyl sites for hydroxylation is 1. The maximum atomic E-state index is 13.4. The standard InChI is InChI=1S/C24H24N4O/c1-27-20-12-5-4-11-19(20)26-23(27)22-21-17(16-9-2-3-10-18(16)25-21)13-14-28(22)24(29)15-7-6-8-15/h2-5,9-12,15,22,25H,6-8,13-14H2,1H3/t22-/m0/s1. The van der Waals surface area contributed by atoms with E-state index in [4.69, 9.17) is 4.98 Å². The normalized spacial score (nSPS) is 19.5. The number of para-hydroxylation sites is 3. The van der Waals surface area contributed by atoms with Crippen molar-refractivity contribution in [3.05, 3.63) is 65.6 Å². The highest BCUT2D eigenvalue weighted by atomic mass is 16.2. The Hall–Kier alpha value is -3.08. The summed E-state index contributed by atoms with van der Waals surface area (Å²) in [5.74, 6) is 1.40. The Bertz CT molecular complexity index is 1250. The predicted octanol–water partition coefficient (Wildman–Crippen LogP) is 4.33. The van der Waals surface area contributed by atoms with Crippen molar-refractivity contribution >= 4 is 27.8 Å². The van der Waals surface area contributed by atoms with Crippen molar-refractivity contribution < 1.29 is 4.79 Å². The van der Waals surface area contributed by atoms with Crippen molar-refractivity contribution in [2.75, 3.05) is 6.54 Å². The second-order valence-electron chi connectivity index (χ2n) is 8.39. The van der Waals surface area contributed by atoms with Gasteiger partial charge in [-0.25, -0.2) is 4.98 Å². The van der Waals surface area contributed by atoms with Crippen LogP contribution in [0.25, 0.3) is 21.9 Å². The van der Waals surface area contributed by atoms with Crippen molar-refractivity contribution in [2.45, 2.75) is 31.7 Å². The third kappa shape index (κ3) is 2.40. The number of aromatic amines is 1. The smallest absolute Gasteiger partial charge is 0.226 e. The Balaban J connectivity index is 1.57. The zero-order valence-electron chi connectivity index (χ0n) is 16.6. The molecule has 5 heteroatoms. The highest BCUT2D eigenvalue weighted by molar-refractivity contribution is 5.87. The first-order valence-electron chi connectivity index (χ1n) is 10.5. The number of hydrogen-bond donors (Lipinski definition) is 1. The minimum Gasteiger partial charge on any atom is -0.356 e. The highest BCUT2D eigenvalue weighted by Gasteiger charge is 2.40. The lowest BCUT2D eigenvalue weighted by Gasteiger charge is -2.39. The fraction of sp³-hybridized carbons (Fsp3) is 0.333. The highest BCUT2D eigenvalue weighted by Crippen LogP contribution is 2.41. The summed E-state index contributed by atoms with van der Waals surface area (Å²) in [6, 6.07) is 16.5. The number of benzene rings is 2. The fourth-order valence-corrected chi connectivity index (χ4v) is 5.05. The molecule has 29 heavy (non-hydrogen) atoms. The van der Waals surface area contributed by atoms with Crippen LogP contribution in [0.1, 0.15) is 42.4 Å². The van der Waals surface area contributed by atoms with Crippen molar-refractivity contribution in [3.63, 3.8) is 0 Å². The van der Waals surface area contributed by atoms with Gasteiger partial charge in [0.25, 0.3) is 0 Å². The molecule has 2 aliphatic rings. The van der Waals surface area contributed by atoms with Gasteiger partial charge in [-0.05, 0) is 43.0 Å². The van der Waals surface area contributed by atoms with E-state index in [2.05, 4.69) is 51.8 Å². The zero-order valence-corrected chi connectivity index (χ0v) is 16.6. The number of nitrogens with zero attached hydrogens (tertiary/aromatic N) is 3. The number of hydrogen-bond acceptors (Lipinski definition) is 2. The van der Waals surface area contributed by atoms with Crippen molar-refractivity contribution in [1.82, 2.24) is 19.4 Å². The Morgan fingerprint density at radius 2 is 1.90 bits per heavy atom. The lowest BCUT2D eigenvalue weighted by Crippen LogP contribution is -2.45. The lowest BCUT2D eigenvalue weighted by molar-refractivity contribution is -0.140. The van der Waals surface area contributed by atoms with E-state index >= 15 is 0 Å². The minimum atomic E-state index is -0.170. The first-order chi connectivity index (χ1) is 14.2. The Labute approximate surface area is 169 Å². The number of H-pyrrole nitrogens is 1. The second-order valence-corrected chi connectivity index (χ2v) is 8.39. The number of fused-ring (bicyclic) bond motifs is 4. The van der Waals surface area contributed by atoms with Crippen LogP contribution < -0.4 is 0 Å². The predicted molar refractivity (Wildman–Crippen MR) is 114 cm³/mol. The van der Waals surface area contributed by atoms with Crippen LogP contribution in [0.5, 0.6) is 0 Å². The van der Waals surface area contributed by atoms with Gasteiger partial charge in [0, 0.05) is 30.4 Å². The molecule has 146 valence electrons. The van der Waals surface area contributed by atoms with Gasteiger partial charge >= 0.3 is 0 Å². The SMILES string of the molecule is Cn1c([C@@H]2c3[nH]c4ccccc4c3CCN2C(=O)C2CCC2)nc2ccccc21. The van der Waals surface area contributed by atoms with E-state index in [-0.39, 0.29) is 17.9 Å². The van der Waals surface area contributed by atoms with Crippen LogP contribution >= 0.6 is 0 Å². The molecule has 1 amide bonds. The molecule has 1 atom stereocenters. The van der Waals surface area contributed by atoms with Crippen LogP contribution in [0.2, 0.25) is 0 Å². The molecule has 4 aromatic rings. The molecule has 3 heterocycles. The van der Waals surface area contributed by atoms with Gasteiger partial charge < -0.3 is 14.5 Å². The van der Waals surface area contributed by atoms with E-state index in [1.807, 2.05) is 18.2 Å². The average Bonchev–Trinajstić information content (AvgIpc) is 3.24. The van der Waals surface area contributed by atoms with Crippen molar-refractivity contribution in [1.29, 1.82) is 0 Å². The summed E-state index contributed by atoms with van der Waals surface area (Å²) in [7, 11) is 2.06. The number of carbonyl (C=O) groups excluding carboxylic acids is 1. The molecule has 6 rings (SSSR count). The molecular formula is C24H24N4O. The molecule has 0 unspecified atom stereocenters. The summed E-state index contributed by atoms with van der Waals surface area (Å²) in [6.45, 7) is 0.748.